The smallest absolute Gasteiger partial charge is 0.304 e. The summed E-state index contributed by atoms with van der Waals surface area (Å²) in [6.45, 7) is 3.83. The number of ether oxygens (including phenoxy) is 1. The number of oxime groups is 1. The Kier molecular flexibility index (Phi) is 5.71. The molecule has 1 unspecified atom stereocenters. The standard InChI is InChI=1S/C17H20ClN3O5S/c1-10(25-11(2)22)19-15(23)13-9-17(26-20-13)4-6-21(7-5-17)16(24)14-12(18)3-8-27-14/h3,8,10H,4-7,9H2,1-2H3,(H,19,23). The molecule has 2 amide bonds. The van der Waals surface area contributed by atoms with Crippen molar-refractivity contribution < 1.29 is 24.0 Å². The number of nitrogens with one attached hydrogen (secondary N) is 1. The Morgan fingerprint density at radius 2 is 2.11 bits per heavy atom. The number of hydrogen-bond donors (Lipinski definition) is 1. The molecule has 2 aliphatic heterocycles. The van der Waals surface area contributed by atoms with Crippen molar-refractivity contribution in [2.45, 2.75) is 44.9 Å². The van der Waals surface area contributed by atoms with E-state index in [-0.39, 0.29) is 11.6 Å². The number of hydrogen-bond acceptors (Lipinski definition) is 7. The molecule has 0 aromatic carbocycles. The fourth-order valence-corrected chi connectivity index (χ4v) is 4.27. The second-order valence-corrected chi connectivity index (χ2v) is 7.93. The van der Waals surface area contributed by atoms with E-state index in [1.165, 1.54) is 18.3 Å². The Bertz CT molecular complexity index is 785. The van der Waals surface area contributed by atoms with E-state index < -0.39 is 23.7 Å². The fraction of sp³-hybridized carbons (Fsp3) is 0.529. The normalized spacial score (nSPS) is 19.2. The third kappa shape index (κ3) is 4.41. The lowest BCUT2D eigenvalue weighted by molar-refractivity contribution is -0.147. The van der Waals surface area contributed by atoms with Gasteiger partial charge in [0.25, 0.3) is 11.8 Å². The molecule has 8 nitrogen and oxygen atoms in total. The van der Waals surface area contributed by atoms with E-state index in [4.69, 9.17) is 21.2 Å². The number of amides is 2. The zero-order valence-electron chi connectivity index (χ0n) is 15.0. The Hall–Kier alpha value is -2.13. The van der Waals surface area contributed by atoms with Crippen LogP contribution in [0.2, 0.25) is 5.02 Å². The van der Waals surface area contributed by atoms with Crippen molar-refractivity contribution in [2.24, 2.45) is 5.16 Å². The molecule has 3 rings (SSSR count). The number of carbonyl (C=O) groups excluding carboxylic acids is 3. The van der Waals surface area contributed by atoms with Crippen LogP contribution in [0.1, 0.15) is 42.8 Å². The second-order valence-electron chi connectivity index (χ2n) is 6.60. The number of likely N-dealkylation sites (tertiary alicyclic amines) is 1. The maximum atomic E-state index is 12.5. The van der Waals surface area contributed by atoms with Gasteiger partial charge in [0.1, 0.15) is 16.2 Å². The van der Waals surface area contributed by atoms with Crippen molar-refractivity contribution in [3.63, 3.8) is 0 Å². The molecule has 1 spiro atoms. The average molecular weight is 414 g/mol. The van der Waals surface area contributed by atoms with Gasteiger partial charge < -0.3 is 19.8 Å². The molecule has 3 heterocycles. The highest BCUT2D eigenvalue weighted by Gasteiger charge is 2.44. The lowest BCUT2D eigenvalue weighted by Crippen LogP contribution is -2.47. The van der Waals surface area contributed by atoms with Gasteiger partial charge in [-0.25, -0.2) is 0 Å². The van der Waals surface area contributed by atoms with Crippen molar-refractivity contribution in [3.8, 4) is 0 Å². The third-order valence-electron chi connectivity index (χ3n) is 4.55. The van der Waals surface area contributed by atoms with E-state index >= 15 is 0 Å². The van der Waals surface area contributed by atoms with Crippen LogP contribution in [0, 0.1) is 0 Å². The molecule has 1 aromatic heterocycles. The van der Waals surface area contributed by atoms with Gasteiger partial charge in [0.05, 0.1) is 5.02 Å². The number of carbonyl (C=O) groups is 3. The van der Waals surface area contributed by atoms with Gasteiger partial charge in [-0.05, 0) is 18.4 Å². The molecule has 10 heteroatoms. The van der Waals surface area contributed by atoms with E-state index in [0.29, 0.717) is 42.3 Å². The van der Waals surface area contributed by atoms with Crippen LogP contribution in [-0.2, 0) is 19.2 Å². The average Bonchev–Trinajstić information content (AvgIpc) is 3.21. The van der Waals surface area contributed by atoms with Gasteiger partial charge in [-0.15, -0.1) is 11.3 Å². The van der Waals surface area contributed by atoms with Crippen LogP contribution in [0.4, 0.5) is 0 Å². The Balaban J connectivity index is 1.53. The van der Waals surface area contributed by atoms with Crippen LogP contribution in [-0.4, -0.2) is 53.3 Å². The van der Waals surface area contributed by atoms with Crippen molar-refractivity contribution >= 4 is 46.4 Å². The van der Waals surface area contributed by atoms with Gasteiger partial charge in [-0.1, -0.05) is 16.8 Å². The zero-order valence-corrected chi connectivity index (χ0v) is 16.6. The summed E-state index contributed by atoms with van der Waals surface area (Å²) in [5, 5.41) is 8.73. The van der Waals surface area contributed by atoms with Crippen LogP contribution in [0.3, 0.4) is 0 Å². The lowest BCUT2D eigenvalue weighted by atomic mass is 9.86. The second kappa shape index (κ2) is 7.85. The molecule has 0 bridgehead atoms. The number of halogens is 1. The topological polar surface area (TPSA) is 97.3 Å². The van der Waals surface area contributed by atoms with Crippen LogP contribution < -0.4 is 5.32 Å². The highest BCUT2D eigenvalue weighted by molar-refractivity contribution is 7.12. The summed E-state index contributed by atoms with van der Waals surface area (Å²) in [4.78, 5) is 43.6. The third-order valence-corrected chi connectivity index (χ3v) is 5.88. The van der Waals surface area contributed by atoms with E-state index in [0.717, 1.165) is 0 Å². The molecule has 1 atom stereocenters. The van der Waals surface area contributed by atoms with Crippen molar-refractivity contribution in [1.82, 2.24) is 10.2 Å². The Morgan fingerprint density at radius 1 is 1.41 bits per heavy atom. The molecule has 0 radical (unpaired) electrons. The van der Waals surface area contributed by atoms with Crippen LogP contribution in [0.15, 0.2) is 16.6 Å². The zero-order chi connectivity index (χ0) is 19.6. The molecule has 146 valence electrons. The largest absolute Gasteiger partial charge is 0.442 e. The molecule has 1 aromatic rings. The number of nitrogens with zero attached hydrogens (tertiary/aromatic N) is 2. The minimum Gasteiger partial charge on any atom is -0.442 e. The maximum absolute atomic E-state index is 12.5. The van der Waals surface area contributed by atoms with Crippen LogP contribution >= 0.6 is 22.9 Å². The van der Waals surface area contributed by atoms with Gasteiger partial charge in [-0.3, -0.25) is 14.4 Å². The Morgan fingerprint density at radius 3 is 2.70 bits per heavy atom. The summed E-state index contributed by atoms with van der Waals surface area (Å²) in [6, 6.07) is 1.71. The predicted molar refractivity (Wildman–Crippen MR) is 99.7 cm³/mol. The summed E-state index contributed by atoms with van der Waals surface area (Å²) in [6.07, 6.45) is 0.750. The molecule has 1 fully saturated rings. The predicted octanol–water partition coefficient (Wildman–Crippen LogP) is 2.18. The first-order valence-electron chi connectivity index (χ1n) is 8.55. The lowest BCUT2D eigenvalue weighted by Gasteiger charge is -2.37. The quantitative estimate of drug-likeness (QED) is 0.602. The minimum absolute atomic E-state index is 0.0862. The van der Waals surface area contributed by atoms with Gasteiger partial charge in [-0.2, -0.15) is 0 Å². The highest BCUT2D eigenvalue weighted by Crippen LogP contribution is 2.36. The SMILES string of the molecule is CC(=O)OC(C)NC(=O)C1=NOC2(CCN(C(=O)c3sccc3Cl)CC2)C1. The van der Waals surface area contributed by atoms with E-state index in [2.05, 4.69) is 10.5 Å². The highest BCUT2D eigenvalue weighted by atomic mass is 35.5. The fourth-order valence-electron chi connectivity index (χ4n) is 3.17. The maximum Gasteiger partial charge on any atom is 0.304 e. The number of thiophene rings is 1. The summed E-state index contributed by atoms with van der Waals surface area (Å²) < 4.78 is 4.88. The summed E-state index contributed by atoms with van der Waals surface area (Å²) in [5.41, 5.74) is -0.317. The minimum atomic E-state index is -0.746. The summed E-state index contributed by atoms with van der Waals surface area (Å²) in [7, 11) is 0. The van der Waals surface area contributed by atoms with Crippen molar-refractivity contribution in [1.29, 1.82) is 0 Å². The first kappa shape index (κ1) is 19.6. The van der Waals surface area contributed by atoms with Gasteiger partial charge in [0.2, 0.25) is 0 Å². The molecule has 2 aliphatic rings. The van der Waals surface area contributed by atoms with E-state index in [9.17, 15) is 14.4 Å². The van der Waals surface area contributed by atoms with Crippen molar-refractivity contribution in [2.75, 3.05) is 13.1 Å². The molecule has 1 N–H and O–H groups in total. The summed E-state index contributed by atoms with van der Waals surface area (Å²) >= 11 is 7.37. The van der Waals surface area contributed by atoms with Gasteiger partial charge in [0, 0.05) is 39.3 Å². The van der Waals surface area contributed by atoms with Gasteiger partial charge >= 0.3 is 5.97 Å². The first-order valence-corrected chi connectivity index (χ1v) is 9.81. The molecule has 0 saturated carbocycles. The number of rotatable bonds is 4. The number of esters is 1. The van der Waals surface area contributed by atoms with Gasteiger partial charge in [0.15, 0.2) is 6.23 Å². The van der Waals surface area contributed by atoms with Crippen LogP contribution in [0.25, 0.3) is 0 Å². The molecule has 1 saturated heterocycles. The molecular formula is C17H20ClN3O5S. The van der Waals surface area contributed by atoms with E-state index in [1.54, 1.807) is 23.3 Å². The molecule has 0 aliphatic carbocycles. The molecular weight excluding hydrogens is 394 g/mol. The summed E-state index contributed by atoms with van der Waals surface area (Å²) in [5.74, 6) is -0.992. The Labute approximate surface area is 165 Å². The van der Waals surface area contributed by atoms with Crippen LogP contribution in [0.5, 0.6) is 0 Å². The van der Waals surface area contributed by atoms with E-state index in [1.807, 2.05) is 0 Å². The van der Waals surface area contributed by atoms with Crippen molar-refractivity contribution in [3.05, 3.63) is 21.3 Å². The monoisotopic (exact) mass is 413 g/mol. The first-order chi connectivity index (χ1) is 12.8. The number of piperidine rings is 1. The molecule has 27 heavy (non-hydrogen) atoms.